The van der Waals surface area contributed by atoms with Crippen LogP contribution < -0.4 is 5.32 Å². The van der Waals surface area contributed by atoms with Crippen LogP contribution in [0.3, 0.4) is 0 Å². The maximum atomic E-state index is 5.77. The standard InChI is InChI=1S/C15H25N3O2/c1-2-19-14(12-4-5-12)15-17-13(20-18-15)6-3-11-7-9-16-10-8-11/h11-12,14,16H,2-10H2,1H3. The van der Waals surface area contributed by atoms with Crippen molar-refractivity contribution in [3.05, 3.63) is 11.7 Å². The molecule has 1 aromatic heterocycles. The van der Waals surface area contributed by atoms with Crippen molar-refractivity contribution < 1.29 is 9.26 Å². The SMILES string of the molecule is CCOC(c1noc(CCC2CCNCC2)n1)C1CC1. The highest BCUT2D eigenvalue weighted by molar-refractivity contribution is 4.98. The van der Waals surface area contributed by atoms with Gasteiger partial charge in [-0.3, -0.25) is 0 Å². The molecule has 0 aromatic carbocycles. The summed E-state index contributed by atoms with van der Waals surface area (Å²) < 4.78 is 11.2. The second-order valence-electron chi connectivity index (χ2n) is 5.99. The summed E-state index contributed by atoms with van der Waals surface area (Å²) in [5.74, 6) is 2.95. The van der Waals surface area contributed by atoms with E-state index in [1.807, 2.05) is 6.92 Å². The number of ether oxygens (including phenoxy) is 1. The summed E-state index contributed by atoms with van der Waals surface area (Å²) in [5, 5.41) is 7.53. The highest BCUT2D eigenvalue weighted by Gasteiger charge is 2.36. The predicted octanol–water partition coefficient (Wildman–Crippen LogP) is 2.49. The molecule has 5 nitrogen and oxygen atoms in total. The van der Waals surface area contributed by atoms with Gasteiger partial charge in [-0.1, -0.05) is 5.16 Å². The lowest BCUT2D eigenvalue weighted by Gasteiger charge is -2.21. The molecule has 1 N–H and O–H groups in total. The summed E-state index contributed by atoms with van der Waals surface area (Å²) in [7, 11) is 0. The van der Waals surface area contributed by atoms with Crippen molar-refractivity contribution in [2.45, 2.75) is 51.6 Å². The number of aryl methyl sites for hydroxylation is 1. The minimum atomic E-state index is 0.0522. The monoisotopic (exact) mass is 279 g/mol. The second-order valence-corrected chi connectivity index (χ2v) is 5.99. The molecule has 1 saturated carbocycles. The van der Waals surface area contributed by atoms with Gasteiger partial charge in [0, 0.05) is 13.0 Å². The van der Waals surface area contributed by atoms with Gasteiger partial charge in [0.15, 0.2) is 0 Å². The summed E-state index contributed by atoms with van der Waals surface area (Å²) >= 11 is 0. The van der Waals surface area contributed by atoms with Gasteiger partial charge in [-0.2, -0.15) is 4.98 Å². The first-order chi connectivity index (χ1) is 9.86. The molecule has 1 aromatic rings. The van der Waals surface area contributed by atoms with Crippen LogP contribution >= 0.6 is 0 Å². The van der Waals surface area contributed by atoms with Crippen molar-refractivity contribution in [1.82, 2.24) is 15.5 Å². The van der Waals surface area contributed by atoms with Gasteiger partial charge in [0.2, 0.25) is 11.7 Å². The number of hydrogen-bond donors (Lipinski definition) is 1. The summed E-state index contributed by atoms with van der Waals surface area (Å²) in [6, 6.07) is 0. The van der Waals surface area contributed by atoms with E-state index >= 15 is 0 Å². The Bertz CT molecular complexity index is 411. The first kappa shape index (κ1) is 14.0. The van der Waals surface area contributed by atoms with Crippen LogP contribution in [-0.4, -0.2) is 29.8 Å². The van der Waals surface area contributed by atoms with Crippen molar-refractivity contribution in [3.63, 3.8) is 0 Å². The normalized spacial score (nSPS) is 22.1. The fourth-order valence-corrected chi connectivity index (χ4v) is 2.98. The zero-order chi connectivity index (χ0) is 13.8. The minimum absolute atomic E-state index is 0.0522. The number of rotatable bonds is 7. The van der Waals surface area contributed by atoms with Crippen molar-refractivity contribution in [2.24, 2.45) is 11.8 Å². The van der Waals surface area contributed by atoms with E-state index in [1.165, 1.54) is 25.7 Å². The van der Waals surface area contributed by atoms with Crippen molar-refractivity contribution in [3.8, 4) is 0 Å². The minimum Gasteiger partial charge on any atom is -0.370 e. The molecule has 112 valence electrons. The Morgan fingerprint density at radius 2 is 2.10 bits per heavy atom. The molecule has 0 spiro atoms. The molecule has 1 aliphatic heterocycles. The lowest BCUT2D eigenvalue weighted by Crippen LogP contribution is -2.27. The molecule has 0 amide bonds. The molecule has 2 heterocycles. The van der Waals surface area contributed by atoms with Crippen LogP contribution in [0.15, 0.2) is 4.52 Å². The largest absolute Gasteiger partial charge is 0.370 e. The average molecular weight is 279 g/mol. The number of nitrogens with zero attached hydrogens (tertiary/aromatic N) is 2. The Balaban J connectivity index is 1.52. The molecule has 1 atom stereocenters. The Kier molecular flexibility index (Phi) is 4.68. The van der Waals surface area contributed by atoms with E-state index in [2.05, 4.69) is 15.5 Å². The Morgan fingerprint density at radius 3 is 2.80 bits per heavy atom. The fraction of sp³-hybridized carbons (Fsp3) is 0.867. The van der Waals surface area contributed by atoms with E-state index in [0.717, 1.165) is 43.6 Å². The molecule has 0 radical (unpaired) electrons. The van der Waals surface area contributed by atoms with Crippen LogP contribution in [0.1, 0.15) is 56.8 Å². The van der Waals surface area contributed by atoms with E-state index in [9.17, 15) is 0 Å². The molecular weight excluding hydrogens is 254 g/mol. The fourth-order valence-electron chi connectivity index (χ4n) is 2.98. The van der Waals surface area contributed by atoms with E-state index in [0.29, 0.717) is 12.5 Å². The van der Waals surface area contributed by atoms with Gasteiger partial charge in [0.25, 0.3) is 0 Å². The Morgan fingerprint density at radius 1 is 1.30 bits per heavy atom. The third-order valence-corrected chi connectivity index (χ3v) is 4.36. The second kappa shape index (κ2) is 6.68. The molecule has 5 heteroatoms. The average Bonchev–Trinajstić information content (AvgIpc) is 3.22. The summed E-state index contributed by atoms with van der Waals surface area (Å²) in [5.41, 5.74) is 0. The third kappa shape index (κ3) is 3.58. The van der Waals surface area contributed by atoms with Crippen LogP contribution in [-0.2, 0) is 11.2 Å². The maximum absolute atomic E-state index is 5.77. The van der Waals surface area contributed by atoms with Crippen LogP contribution in [0.25, 0.3) is 0 Å². The topological polar surface area (TPSA) is 60.2 Å². The third-order valence-electron chi connectivity index (χ3n) is 4.36. The zero-order valence-corrected chi connectivity index (χ0v) is 12.3. The van der Waals surface area contributed by atoms with Gasteiger partial charge in [-0.15, -0.1) is 0 Å². The highest BCUT2D eigenvalue weighted by atomic mass is 16.5. The summed E-state index contributed by atoms with van der Waals surface area (Å²) in [6.45, 7) is 5.02. The van der Waals surface area contributed by atoms with Gasteiger partial charge in [0.1, 0.15) is 6.10 Å². The van der Waals surface area contributed by atoms with Crippen molar-refractivity contribution >= 4 is 0 Å². The molecule has 1 saturated heterocycles. The molecule has 2 fully saturated rings. The molecule has 1 aliphatic carbocycles. The molecule has 2 aliphatic rings. The molecule has 1 unspecified atom stereocenters. The Labute approximate surface area is 120 Å². The summed E-state index contributed by atoms with van der Waals surface area (Å²) in [4.78, 5) is 4.56. The smallest absolute Gasteiger partial charge is 0.226 e. The quantitative estimate of drug-likeness (QED) is 0.831. The Hall–Kier alpha value is -0.940. The lowest BCUT2D eigenvalue weighted by atomic mass is 9.93. The van der Waals surface area contributed by atoms with E-state index < -0.39 is 0 Å². The van der Waals surface area contributed by atoms with Crippen molar-refractivity contribution in [2.75, 3.05) is 19.7 Å². The maximum Gasteiger partial charge on any atom is 0.226 e. The van der Waals surface area contributed by atoms with Gasteiger partial charge >= 0.3 is 0 Å². The van der Waals surface area contributed by atoms with E-state index in [4.69, 9.17) is 9.26 Å². The molecule has 20 heavy (non-hydrogen) atoms. The van der Waals surface area contributed by atoms with Crippen LogP contribution in [0.5, 0.6) is 0 Å². The van der Waals surface area contributed by atoms with Gasteiger partial charge in [-0.05, 0) is 64.0 Å². The molecular formula is C15H25N3O2. The highest BCUT2D eigenvalue weighted by Crippen LogP contribution is 2.42. The van der Waals surface area contributed by atoms with Crippen LogP contribution in [0.4, 0.5) is 0 Å². The van der Waals surface area contributed by atoms with E-state index in [-0.39, 0.29) is 6.10 Å². The van der Waals surface area contributed by atoms with Gasteiger partial charge < -0.3 is 14.6 Å². The van der Waals surface area contributed by atoms with Crippen molar-refractivity contribution in [1.29, 1.82) is 0 Å². The number of aromatic nitrogens is 2. The summed E-state index contributed by atoms with van der Waals surface area (Å²) in [6.07, 6.45) is 7.10. The number of piperidine rings is 1. The molecule has 3 rings (SSSR count). The molecule has 0 bridgehead atoms. The number of hydrogen-bond acceptors (Lipinski definition) is 5. The first-order valence-electron chi connectivity index (χ1n) is 8.01. The number of nitrogens with one attached hydrogen (secondary N) is 1. The van der Waals surface area contributed by atoms with Crippen LogP contribution in [0, 0.1) is 11.8 Å². The predicted molar refractivity (Wildman–Crippen MR) is 75.3 cm³/mol. The first-order valence-corrected chi connectivity index (χ1v) is 8.01. The van der Waals surface area contributed by atoms with Gasteiger partial charge in [0.05, 0.1) is 0 Å². The zero-order valence-electron chi connectivity index (χ0n) is 12.3. The van der Waals surface area contributed by atoms with Gasteiger partial charge in [-0.25, -0.2) is 0 Å². The van der Waals surface area contributed by atoms with Crippen LogP contribution in [0.2, 0.25) is 0 Å². The van der Waals surface area contributed by atoms with E-state index in [1.54, 1.807) is 0 Å². The lowest BCUT2D eigenvalue weighted by molar-refractivity contribution is 0.0384.